The highest BCUT2D eigenvalue weighted by atomic mass is 16.2. The monoisotopic (exact) mass is 291 g/mol. The Kier molecular flexibility index (Phi) is 3.24. The maximum atomic E-state index is 12.2. The summed E-state index contributed by atoms with van der Waals surface area (Å²) >= 11 is 0. The summed E-state index contributed by atoms with van der Waals surface area (Å²) < 4.78 is 0. The lowest BCUT2D eigenvalue weighted by Crippen LogP contribution is -2.19. The van der Waals surface area contributed by atoms with Crippen molar-refractivity contribution in [2.45, 2.75) is 18.9 Å². The molecule has 0 radical (unpaired) electrons. The van der Waals surface area contributed by atoms with Crippen LogP contribution in [0.3, 0.4) is 0 Å². The van der Waals surface area contributed by atoms with E-state index in [1.54, 1.807) is 6.20 Å². The van der Waals surface area contributed by atoms with Gasteiger partial charge in [0.25, 0.3) is 5.91 Å². The molecule has 1 atom stereocenters. The number of fused-ring (bicyclic) bond motifs is 1. The molecule has 110 valence electrons. The van der Waals surface area contributed by atoms with Crippen molar-refractivity contribution < 1.29 is 4.79 Å². The molecule has 2 N–H and O–H groups in total. The number of aromatic nitrogens is 1. The van der Waals surface area contributed by atoms with Crippen molar-refractivity contribution in [3.63, 3.8) is 0 Å². The molecule has 4 heteroatoms. The van der Waals surface area contributed by atoms with E-state index in [-0.39, 0.29) is 5.91 Å². The SMILES string of the molecule is O=C1Nc2ccc(-c3cccnc3)cc2C1=CC1CCCN1. The number of carbonyl (C=O) groups excluding carboxylic acids is 1. The van der Waals surface area contributed by atoms with Crippen LogP contribution in [0, 0.1) is 0 Å². The molecule has 0 aliphatic carbocycles. The number of hydrogen-bond donors (Lipinski definition) is 2. The topological polar surface area (TPSA) is 54.0 Å². The zero-order valence-electron chi connectivity index (χ0n) is 12.2. The summed E-state index contributed by atoms with van der Waals surface area (Å²) in [6.45, 7) is 1.03. The minimum absolute atomic E-state index is 0.00737. The van der Waals surface area contributed by atoms with Crippen molar-refractivity contribution >= 4 is 17.2 Å². The Morgan fingerprint density at radius 3 is 2.95 bits per heavy atom. The maximum absolute atomic E-state index is 12.2. The van der Waals surface area contributed by atoms with Gasteiger partial charge in [-0.2, -0.15) is 0 Å². The summed E-state index contributed by atoms with van der Waals surface area (Å²) in [5.74, 6) is -0.00737. The molecule has 0 saturated carbocycles. The summed E-state index contributed by atoms with van der Waals surface area (Å²) in [7, 11) is 0. The van der Waals surface area contributed by atoms with Crippen molar-refractivity contribution in [1.82, 2.24) is 10.3 Å². The molecule has 1 saturated heterocycles. The molecular formula is C18H17N3O. The molecule has 3 heterocycles. The molecule has 1 unspecified atom stereocenters. The minimum Gasteiger partial charge on any atom is -0.321 e. The lowest BCUT2D eigenvalue weighted by Gasteiger charge is -2.07. The highest BCUT2D eigenvalue weighted by Gasteiger charge is 2.26. The zero-order valence-corrected chi connectivity index (χ0v) is 12.2. The van der Waals surface area contributed by atoms with E-state index in [1.165, 1.54) is 6.42 Å². The number of nitrogens with zero attached hydrogens (tertiary/aromatic N) is 1. The lowest BCUT2D eigenvalue weighted by molar-refractivity contribution is -0.110. The van der Waals surface area contributed by atoms with Gasteiger partial charge >= 0.3 is 0 Å². The Morgan fingerprint density at radius 1 is 1.23 bits per heavy atom. The fraction of sp³-hybridized carbons (Fsp3) is 0.222. The molecule has 1 fully saturated rings. The number of carbonyl (C=O) groups is 1. The Hall–Kier alpha value is -2.46. The average molecular weight is 291 g/mol. The van der Waals surface area contributed by atoms with Gasteiger partial charge in [0, 0.05) is 40.8 Å². The van der Waals surface area contributed by atoms with E-state index >= 15 is 0 Å². The van der Waals surface area contributed by atoms with Crippen molar-refractivity contribution in [3.8, 4) is 11.1 Å². The molecule has 1 aromatic heterocycles. The van der Waals surface area contributed by atoms with Crippen molar-refractivity contribution in [3.05, 3.63) is 54.4 Å². The van der Waals surface area contributed by atoms with E-state index < -0.39 is 0 Å². The number of hydrogen-bond acceptors (Lipinski definition) is 3. The summed E-state index contributed by atoms with van der Waals surface area (Å²) in [5.41, 5.74) is 4.79. The van der Waals surface area contributed by atoms with Gasteiger partial charge in [0.1, 0.15) is 0 Å². The van der Waals surface area contributed by atoms with Gasteiger partial charge in [-0.25, -0.2) is 0 Å². The third-order valence-electron chi connectivity index (χ3n) is 4.26. The Bertz CT molecular complexity index is 746. The van der Waals surface area contributed by atoms with E-state index in [0.717, 1.165) is 40.9 Å². The summed E-state index contributed by atoms with van der Waals surface area (Å²) in [4.78, 5) is 16.4. The number of nitrogens with one attached hydrogen (secondary N) is 2. The van der Waals surface area contributed by atoms with E-state index in [0.29, 0.717) is 6.04 Å². The Balaban J connectivity index is 1.75. The molecule has 4 rings (SSSR count). The molecule has 1 aromatic carbocycles. The van der Waals surface area contributed by atoms with Gasteiger partial charge in [-0.05, 0) is 43.1 Å². The normalized spacial score (nSPS) is 21.9. The summed E-state index contributed by atoms with van der Waals surface area (Å²) in [6, 6.07) is 10.3. The largest absolute Gasteiger partial charge is 0.321 e. The van der Waals surface area contributed by atoms with Crippen molar-refractivity contribution in [1.29, 1.82) is 0 Å². The van der Waals surface area contributed by atoms with Crippen LogP contribution in [0.2, 0.25) is 0 Å². The predicted molar refractivity (Wildman–Crippen MR) is 87.3 cm³/mol. The second kappa shape index (κ2) is 5.39. The first-order chi connectivity index (χ1) is 10.8. The smallest absolute Gasteiger partial charge is 0.256 e. The van der Waals surface area contributed by atoms with Crippen LogP contribution < -0.4 is 10.6 Å². The first kappa shape index (κ1) is 13.2. The number of pyridine rings is 1. The molecule has 2 aliphatic heterocycles. The summed E-state index contributed by atoms with van der Waals surface area (Å²) in [5, 5.41) is 6.36. The predicted octanol–water partition coefficient (Wildman–Crippen LogP) is 2.84. The maximum Gasteiger partial charge on any atom is 0.256 e. The van der Waals surface area contributed by atoms with Gasteiger partial charge in [-0.15, -0.1) is 0 Å². The van der Waals surface area contributed by atoms with Gasteiger partial charge in [0.2, 0.25) is 0 Å². The third-order valence-corrected chi connectivity index (χ3v) is 4.26. The van der Waals surface area contributed by atoms with Crippen LogP contribution in [0.1, 0.15) is 18.4 Å². The van der Waals surface area contributed by atoms with Crippen LogP contribution in [-0.2, 0) is 4.79 Å². The van der Waals surface area contributed by atoms with E-state index in [4.69, 9.17) is 0 Å². The van der Waals surface area contributed by atoms with Gasteiger partial charge in [-0.1, -0.05) is 18.2 Å². The molecule has 22 heavy (non-hydrogen) atoms. The van der Waals surface area contributed by atoms with E-state index in [1.807, 2.05) is 30.5 Å². The average Bonchev–Trinajstić information content (AvgIpc) is 3.17. The molecular weight excluding hydrogens is 274 g/mol. The molecule has 1 amide bonds. The second-order valence-corrected chi connectivity index (χ2v) is 5.74. The molecule has 2 aliphatic rings. The first-order valence-electron chi connectivity index (χ1n) is 7.63. The number of benzene rings is 1. The van der Waals surface area contributed by atoms with Crippen LogP contribution >= 0.6 is 0 Å². The fourth-order valence-electron chi connectivity index (χ4n) is 3.12. The molecule has 4 nitrogen and oxygen atoms in total. The quantitative estimate of drug-likeness (QED) is 0.837. The number of anilines is 1. The zero-order chi connectivity index (χ0) is 14.9. The third kappa shape index (κ3) is 2.31. The van der Waals surface area contributed by atoms with Crippen molar-refractivity contribution in [2.75, 3.05) is 11.9 Å². The van der Waals surface area contributed by atoms with Gasteiger partial charge in [0.05, 0.1) is 0 Å². The molecule has 0 bridgehead atoms. The standard InChI is InChI=1S/C18H17N3O/c22-18-16(10-14-4-2-8-20-14)15-9-12(5-6-17(15)21-18)13-3-1-7-19-11-13/h1,3,5-7,9-11,14,20H,2,4,8H2,(H,21,22). The first-order valence-corrected chi connectivity index (χ1v) is 7.63. The van der Waals surface area contributed by atoms with Crippen LogP contribution in [0.25, 0.3) is 16.7 Å². The van der Waals surface area contributed by atoms with Crippen LogP contribution in [0.5, 0.6) is 0 Å². The van der Waals surface area contributed by atoms with E-state index in [2.05, 4.69) is 27.8 Å². The van der Waals surface area contributed by atoms with Crippen molar-refractivity contribution in [2.24, 2.45) is 0 Å². The van der Waals surface area contributed by atoms with Crippen LogP contribution in [-0.4, -0.2) is 23.5 Å². The number of rotatable bonds is 2. The second-order valence-electron chi connectivity index (χ2n) is 5.74. The summed E-state index contributed by atoms with van der Waals surface area (Å²) in [6.07, 6.45) is 7.93. The van der Waals surface area contributed by atoms with Crippen LogP contribution in [0.15, 0.2) is 48.8 Å². The van der Waals surface area contributed by atoms with Gasteiger partial charge < -0.3 is 10.6 Å². The van der Waals surface area contributed by atoms with Crippen LogP contribution in [0.4, 0.5) is 5.69 Å². The van der Waals surface area contributed by atoms with Gasteiger partial charge in [-0.3, -0.25) is 9.78 Å². The lowest BCUT2D eigenvalue weighted by atomic mass is 9.99. The van der Waals surface area contributed by atoms with E-state index in [9.17, 15) is 4.79 Å². The highest BCUT2D eigenvalue weighted by molar-refractivity contribution is 6.31. The molecule has 2 aromatic rings. The highest BCUT2D eigenvalue weighted by Crippen LogP contribution is 2.35. The molecule has 0 spiro atoms. The Morgan fingerprint density at radius 2 is 2.18 bits per heavy atom. The Labute approximate surface area is 129 Å². The number of amides is 1. The minimum atomic E-state index is -0.00737. The fourth-order valence-corrected chi connectivity index (χ4v) is 3.12. The van der Waals surface area contributed by atoms with Gasteiger partial charge in [0.15, 0.2) is 0 Å².